The number of carbonyl (C=O) groups is 2. The Hall–Kier alpha value is -1.90. The highest BCUT2D eigenvalue weighted by molar-refractivity contribution is 6.00. The van der Waals surface area contributed by atoms with Crippen LogP contribution in [-0.2, 0) is 4.79 Å². The van der Waals surface area contributed by atoms with Crippen LogP contribution in [0.4, 0.5) is 0 Å². The molecule has 0 unspecified atom stereocenters. The van der Waals surface area contributed by atoms with Crippen molar-refractivity contribution in [1.82, 2.24) is 0 Å². The van der Waals surface area contributed by atoms with E-state index in [1.165, 1.54) is 0 Å². The molecular formula is C16H17O3-. The van der Waals surface area contributed by atoms with Crippen LogP contribution in [0.1, 0.15) is 37.0 Å². The molecule has 0 saturated heterocycles. The van der Waals surface area contributed by atoms with E-state index in [9.17, 15) is 14.7 Å². The Morgan fingerprint density at radius 2 is 1.53 bits per heavy atom. The van der Waals surface area contributed by atoms with Gasteiger partial charge in [-0.15, -0.1) is 0 Å². The molecule has 19 heavy (non-hydrogen) atoms. The van der Waals surface area contributed by atoms with Crippen LogP contribution in [0.15, 0.2) is 41.5 Å². The van der Waals surface area contributed by atoms with E-state index in [1.54, 1.807) is 24.3 Å². The van der Waals surface area contributed by atoms with E-state index in [2.05, 4.69) is 0 Å². The van der Waals surface area contributed by atoms with Gasteiger partial charge in [-0.3, -0.25) is 4.79 Å². The van der Waals surface area contributed by atoms with Crippen molar-refractivity contribution in [2.75, 3.05) is 0 Å². The normalized spacial score (nSPS) is 23.3. The van der Waals surface area contributed by atoms with Gasteiger partial charge in [0.25, 0.3) is 0 Å². The highest BCUT2D eigenvalue weighted by Gasteiger charge is 2.33. The van der Waals surface area contributed by atoms with E-state index >= 15 is 0 Å². The number of carbonyl (C=O) groups excluding carboxylic acids is 2. The molecule has 0 heterocycles. The Morgan fingerprint density at radius 3 is 2.05 bits per heavy atom. The van der Waals surface area contributed by atoms with E-state index in [4.69, 9.17) is 0 Å². The maximum absolute atomic E-state index is 12.5. The van der Waals surface area contributed by atoms with Gasteiger partial charge >= 0.3 is 0 Å². The van der Waals surface area contributed by atoms with Gasteiger partial charge in [-0.25, -0.2) is 0 Å². The zero-order chi connectivity index (χ0) is 14.0. The first-order valence-corrected chi connectivity index (χ1v) is 6.46. The number of ketones is 1. The topological polar surface area (TPSA) is 57.2 Å². The van der Waals surface area contributed by atoms with Gasteiger partial charge in [-0.2, -0.15) is 0 Å². The summed E-state index contributed by atoms with van der Waals surface area (Å²) in [6.07, 6.45) is 0.926. The van der Waals surface area contributed by atoms with Crippen LogP contribution in [0.3, 0.4) is 0 Å². The molecule has 0 N–H and O–H groups in total. The van der Waals surface area contributed by atoms with Crippen LogP contribution in [0, 0.1) is 11.8 Å². The number of rotatable bonds is 3. The Bertz CT molecular complexity index is 528. The molecule has 2 atom stereocenters. The standard InChI is InChI=1S/C16H18O3/c1-10-8-13(14(16(18)19)9-11(10)2)15(17)12-6-4-3-5-7-12/h3-7,13-14H,8-9H2,1-2H3,(H,18,19)/p-1/t13-,14-/m0/s1. The molecule has 2 rings (SSSR count). The van der Waals surface area contributed by atoms with Gasteiger partial charge in [0.1, 0.15) is 0 Å². The highest BCUT2D eigenvalue weighted by Crippen LogP contribution is 2.35. The lowest BCUT2D eigenvalue weighted by Crippen LogP contribution is -2.41. The molecule has 0 spiro atoms. The van der Waals surface area contributed by atoms with E-state index in [0.29, 0.717) is 18.4 Å². The molecule has 0 bridgehead atoms. The fraction of sp³-hybridized carbons (Fsp3) is 0.375. The van der Waals surface area contributed by atoms with Gasteiger partial charge in [-0.1, -0.05) is 41.5 Å². The Balaban J connectivity index is 2.31. The maximum Gasteiger partial charge on any atom is 0.166 e. The molecular weight excluding hydrogens is 240 g/mol. The molecule has 1 aliphatic carbocycles. The third-order valence-corrected chi connectivity index (χ3v) is 3.96. The number of carboxylic acids is 1. The predicted molar refractivity (Wildman–Crippen MR) is 70.4 cm³/mol. The van der Waals surface area contributed by atoms with Gasteiger partial charge in [0.2, 0.25) is 0 Å². The molecule has 3 heteroatoms. The third kappa shape index (κ3) is 2.75. The van der Waals surface area contributed by atoms with Crippen LogP contribution >= 0.6 is 0 Å². The van der Waals surface area contributed by atoms with Crippen molar-refractivity contribution in [3.63, 3.8) is 0 Å². The SMILES string of the molecule is CC1=C(C)C[C@H](C(=O)c2ccccc2)[C@@H](C(=O)[O-])C1. The van der Waals surface area contributed by atoms with Crippen LogP contribution < -0.4 is 5.11 Å². The van der Waals surface area contributed by atoms with E-state index in [-0.39, 0.29) is 5.78 Å². The predicted octanol–water partition coefficient (Wildman–Crippen LogP) is 1.98. The first-order valence-electron chi connectivity index (χ1n) is 6.46. The molecule has 1 aromatic rings. The fourth-order valence-electron chi connectivity index (χ4n) is 2.63. The maximum atomic E-state index is 12.5. The summed E-state index contributed by atoms with van der Waals surface area (Å²) in [4.78, 5) is 23.7. The fourth-order valence-corrected chi connectivity index (χ4v) is 2.63. The summed E-state index contributed by atoms with van der Waals surface area (Å²) in [6.45, 7) is 3.89. The van der Waals surface area contributed by atoms with Gasteiger partial charge in [0.05, 0.1) is 0 Å². The number of benzene rings is 1. The quantitative estimate of drug-likeness (QED) is 0.614. The summed E-state index contributed by atoms with van der Waals surface area (Å²) in [6, 6.07) is 8.88. The zero-order valence-corrected chi connectivity index (χ0v) is 11.2. The average molecular weight is 257 g/mol. The first kappa shape index (κ1) is 13.5. The number of aliphatic carboxylic acids is 1. The van der Waals surface area contributed by atoms with E-state index in [1.807, 2.05) is 19.9 Å². The van der Waals surface area contributed by atoms with Gasteiger partial charge < -0.3 is 9.90 Å². The smallest absolute Gasteiger partial charge is 0.166 e. The average Bonchev–Trinajstić information content (AvgIpc) is 2.41. The zero-order valence-electron chi connectivity index (χ0n) is 11.2. The second-order valence-electron chi connectivity index (χ2n) is 5.23. The molecule has 3 nitrogen and oxygen atoms in total. The van der Waals surface area contributed by atoms with Crippen molar-refractivity contribution in [1.29, 1.82) is 0 Å². The second-order valence-corrected chi connectivity index (χ2v) is 5.23. The number of hydrogen-bond donors (Lipinski definition) is 0. The van der Waals surface area contributed by atoms with Crippen molar-refractivity contribution >= 4 is 11.8 Å². The van der Waals surface area contributed by atoms with Gasteiger partial charge in [0, 0.05) is 23.4 Å². The summed E-state index contributed by atoms with van der Waals surface area (Å²) in [5, 5.41) is 11.3. The number of hydrogen-bond acceptors (Lipinski definition) is 3. The Labute approximate surface area is 113 Å². The van der Waals surface area contributed by atoms with Crippen LogP contribution in [-0.4, -0.2) is 11.8 Å². The van der Waals surface area contributed by atoms with E-state index < -0.39 is 17.8 Å². The van der Waals surface area contributed by atoms with Crippen LogP contribution in [0.5, 0.6) is 0 Å². The monoisotopic (exact) mass is 257 g/mol. The molecule has 0 saturated carbocycles. The summed E-state index contributed by atoms with van der Waals surface area (Å²) in [5.74, 6) is -2.43. The Kier molecular flexibility index (Phi) is 3.84. The summed E-state index contributed by atoms with van der Waals surface area (Å²) in [7, 11) is 0. The first-order chi connectivity index (χ1) is 9.00. The third-order valence-electron chi connectivity index (χ3n) is 3.96. The molecule has 1 aliphatic rings. The molecule has 0 fully saturated rings. The highest BCUT2D eigenvalue weighted by atomic mass is 16.4. The second kappa shape index (κ2) is 5.39. The molecule has 0 radical (unpaired) electrons. The van der Waals surface area contributed by atoms with Crippen LogP contribution in [0.25, 0.3) is 0 Å². The van der Waals surface area contributed by atoms with Crippen molar-refractivity contribution in [2.45, 2.75) is 26.7 Å². The van der Waals surface area contributed by atoms with Gasteiger partial charge in [0.15, 0.2) is 5.78 Å². The molecule has 1 aromatic carbocycles. The lowest BCUT2D eigenvalue weighted by molar-refractivity contribution is -0.313. The molecule has 0 amide bonds. The minimum atomic E-state index is -1.12. The van der Waals surface area contributed by atoms with Crippen molar-refractivity contribution in [2.24, 2.45) is 11.8 Å². The molecule has 0 aliphatic heterocycles. The van der Waals surface area contributed by atoms with Crippen molar-refractivity contribution in [3.05, 3.63) is 47.0 Å². The van der Waals surface area contributed by atoms with Gasteiger partial charge in [-0.05, 0) is 26.7 Å². The molecule has 100 valence electrons. The molecule has 0 aromatic heterocycles. The van der Waals surface area contributed by atoms with Crippen molar-refractivity contribution in [3.8, 4) is 0 Å². The minimum absolute atomic E-state index is 0.0957. The number of allylic oxidation sites excluding steroid dienone is 2. The Morgan fingerprint density at radius 1 is 1.00 bits per heavy atom. The minimum Gasteiger partial charge on any atom is -0.550 e. The summed E-state index contributed by atoms with van der Waals surface area (Å²) in [5.41, 5.74) is 2.75. The largest absolute Gasteiger partial charge is 0.550 e. The lowest BCUT2D eigenvalue weighted by atomic mass is 9.73. The van der Waals surface area contributed by atoms with Crippen molar-refractivity contribution < 1.29 is 14.7 Å². The summed E-state index contributed by atoms with van der Waals surface area (Å²) >= 11 is 0. The number of Topliss-reactive ketones (excluding diaryl/α,β-unsaturated/α-hetero) is 1. The lowest BCUT2D eigenvalue weighted by Gasteiger charge is -2.32. The van der Waals surface area contributed by atoms with E-state index in [0.717, 1.165) is 11.1 Å². The van der Waals surface area contributed by atoms with Crippen LogP contribution in [0.2, 0.25) is 0 Å². The number of carboxylic acid groups (broad SMARTS) is 1. The summed E-state index contributed by atoms with van der Waals surface area (Å²) < 4.78 is 0.